The summed E-state index contributed by atoms with van der Waals surface area (Å²) >= 11 is 0. The number of hydrogen-bond acceptors (Lipinski definition) is 0. The Morgan fingerprint density at radius 3 is 2.03 bits per heavy atom. The summed E-state index contributed by atoms with van der Waals surface area (Å²) in [6, 6.07) is 14.6. The van der Waals surface area contributed by atoms with Crippen molar-refractivity contribution >= 4 is 18.5 Å². The van der Waals surface area contributed by atoms with Crippen LogP contribution in [0.2, 0.25) is 13.1 Å². The average Bonchev–Trinajstić information content (AvgIpc) is 3.20. The van der Waals surface area contributed by atoms with E-state index in [1.165, 1.54) is 81.8 Å². The van der Waals surface area contributed by atoms with Crippen molar-refractivity contribution in [2.75, 3.05) is 0 Å². The molecule has 0 fully saturated rings. The Morgan fingerprint density at radius 2 is 1.37 bits per heavy atom. The van der Waals surface area contributed by atoms with Crippen molar-refractivity contribution in [1.82, 2.24) is 0 Å². The van der Waals surface area contributed by atoms with Crippen molar-refractivity contribution in [3.8, 4) is 11.1 Å². The van der Waals surface area contributed by atoms with Gasteiger partial charge >= 0.3 is 0 Å². The summed E-state index contributed by atoms with van der Waals surface area (Å²) in [6.45, 7) is 9.79. The minimum Gasteiger partial charge on any atom is -0.0655 e. The van der Waals surface area contributed by atoms with Crippen molar-refractivity contribution in [2.45, 2.75) is 97.6 Å². The number of allylic oxidation sites excluding steroid dienone is 1. The van der Waals surface area contributed by atoms with Crippen molar-refractivity contribution in [3.63, 3.8) is 0 Å². The maximum atomic E-state index is 2.59. The van der Waals surface area contributed by atoms with E-state index in [1.54, 1.807) is 27.5 Å². The van der Waals surface area contributed by atoms with Gasteiger partial charge in [-0.2, -0.15) is 0 Å². The Labute approximate surface area is 185 Å². The second-order valence-corrected chi connectivity index (χ2v) is 14.4. The van der Waals surface area contributed by atoms with Gasteiger partial charge in [-0.1, -0.05) is 107 Å². The first-order valence-electron chi connectivity index (χ1n) is 12.6. The zero-order chi connectivity index (χ0) is 21.1. The molecule has 2 aromatic carbocycles. The van der Waals surface area contributed by atoms with E-state index in [4.69, 9.17) is 0 Å². The van der Waals surface area contributed by atoms with Crippen molar-refractivity contribution in [3.05, 3.63) is 58.7 Å². The maximum Gasteiger partial charge on any atom is 0.113 e. The summed E-state index contributed by atoms with van der Waals surface area (Å²) in [4.78, 5) is 0. The Morgan fingerprint density at radius 1 is 0.700 bits per heavy atom. The number of benzene rings is 2. The summed E-state index contributed by atoms with van der Waals surface area (Å²) in [7, 11) is -1.56. The fraction of sp³-hybridized carbons (Fsp3) is 0.517. The van der Waals surface area contributed by atoms with Crippen LogP contribution in [0.4, 0.5) is 0 Å². The average molecular weight is 417 g/mol. The van der Waals surface area contributed by atoms with Crippen molar-refractivity contribution < 1.29 is 0 Å². The van der Waals surface area contributed by atoms with E-state index in [0.717, 1.165) is 0 Å². The second-order valence-electron chi connectivity index (χ2n) is 10.1. The molecule has 0 nitrogen and oxygen atoms in total. The third kappa shape index (κ3) is 3.98. The highest BCUT2D eigenvalue weighted by atomic mass is 28.3. The molecule has 2 bridgehead atoms. The van der Waals surface area contributed by atoms with Gasteiger partial charge in [0.25, 0.3) is 0 Å². The van der Waals surface area contributed by atoms with E-state index >= 15 is 0 Å². The first kappa shape index (κ1) is 21.6. The highest BCUT2D eigenvalue weighted by Gasteiger charge is 2.45. The predicted octanol–water partition coefficient (Wildman–Crippen LogP) is 8.22. The van der Waals surface area contributed by atoms with E-state index in [1.807, 2.05) is 5.20 Å². The van der Waals surface area contributed by atoms with Gasteiger partial charge in [-0.3, -0.25) is 0 Å². The van der Waals surface area contributed by atoms with E-state index in [9.17, 15) is 0 Å². The van der Waals surface area contributed by atoms with Crippen molar-refractivity contribution in [2.24, 2.45) is 0 Å². The fourth-order valence-corrected chi connectivity index (χ4v) is 9.53. The van der Waals surface area contributed by atoms with Gasteiger partial charge in [0.2, 0.25) is 0 Å². The number of hydrogen-bond donors (Lipinski definition) is 0. The van der Waals surface area contributed by atoms with Gasteiger partial charge in [-0.15, -0.1) is 0 Å². The topological polar surface area (TPSA) is 0 Å². The summed E-state index contributed by atoms with van der Waals surface area (Å²) in [6.07, 6.45) is 14.6. The largest absolute Gasteiger partial charge is 0.113 e. The zero-order valence-electron chi connectivity index (χ0n) is 19.7. The zero-order valence-corrected chi connectivity index (χ0v) is 20.7. The number of rotatable bonds is 11. The molecule has 0 unspecified atom stereocenters. The summed E-state index contributed by atoms with van der Waals surface area (Å²) < 4.78 is 0. The molecule has 2 aromatic rings. The molecule has 0 aromatic heterocycles. The molecule has 4 rings (SSSR count). The fourth-order valence-electron chi connectivity index (χ4n) is 5.86. The minimum atomic E-state index is -1.56. The van der Waals surface area contributed by atoms with Crippen LogP contribution in [0.5, 0.6) is 0 Å². The lowest BCUT2D eigenvalue weighted by atomic mass is 9.95. The van der Waals surface area contributed by atoms with Gasteiger partial charge in [-0.25, -0.2) is 0 Å². The molecule has 0 saturated heterocycles. The van der Waals surface area contributed by atoms with Crippen LogP contribution in [0, 0.1) is 0 Å². The van der Waals surface area contributed by atoms with Crippen LogP contribution in [0.3, 0.4) is 0 Å². The highest BCUT2D eigenvalue weighted by molar-refractivity contribution is 7.07. The molecule has 1 aliphatic heterocycles. The molecular weight excluding hydrogens is 376 g/mol. The predicted molar refractivity (Wildman–Crippen MR) is 136 cm³/mol. The summed E-state index contributed by atoms with van der Waals surface area (Å²) in [5, 5.41) is 3.49. The second kappa shape index (κ2) is 9.26. The van der Waals surface area contributed by atoms with Crippen LogP contribution >= 0.6 is 0 Å². The molecule has 0 N–H and O–H groups in total. The Balaban J connectivity index is 1.60. The molecule has 1 aliphatic carbocycles. The minimum absolute atomic E-state index is 1.22. The Bertz CT molecular complexity index is 914. The van der Waals surface area contributed by atoms with Gasteiger partial charge in [0.15, 0.2) is 0 Å². The molecule has 1 heterocycles. The molecule has 0 amide bonds. The van der Waals surface area contributed by atoms with Crippen LogP contribution in [-0.4, -0.2) is 8.07 Å². The third-order valence-electron chi connectivity index (χ3n) is 7.49. The van der Waals surface area contributed by atoms with Gasteiger partial charge in [-0.05, 0) is 70.3 Å². The highest BCUT2D eigenvalue weighted by Crippen LogP contribution is 2.50. The summed E-state index contributed by atoms with van der Waals surface area (Å²) in [5.74, 6) is 0. The maximum absolute atomic E-state index is 2.59. The standard InChI is InChI=1S/C29H40Si/c1-5-7-9-11-13-22-15-17-23(18-16-22)27-26-20-19-24-21-25(14-12-10-8-6-2)29(28(24)27)30(26,3)4/h15-20H,5-14,21H2,1-4H3. The molecule has 0 saturated carbocycles. The van der Waals surface area contributed by atoms with Crippen LogP contribution < -0.4 is 5.19 Å². The van der Waals surface area contributed by atoms with E-state index in [-0.39, 0.29) is 0 Å². The monoisotopic (exact) mass is 416 g/mol. The first-order valence-corrected chi connectivity index (χ1v) is 15.6. The van der Waals surface area contributed by atoms with Gasteiger partial charge in [0.05, 0.1) is 0 Å². The van der Waals surface area contributed by atoms with E-state index in [2.05, 4.69) is 63.3 Å². The third-order valence-corrected chi connectivity index (χ3v) is 11.1. The molecule has 0 atom stereocenters. The Kier molecular flexibility index (Phi) is 6.68. The van der Waals surface area contributed by atoms with Gasteiger partial charge < -0.3 is 0 Å². The number of fused-ring (bicyclic) bond motifs is 1. The first-order chi connectivity index (χ1) is 14.6. The van der Waals surface area contributed by atoms with E-state index in [0.29, 0.717) is 0 Å². The smallest absolute Gasteiger partial charge is 0.0655 e. The van der Waals surface area contributed by atoms with Crippen LogP contribution in [-0.2, 0) is 12.8 Å². The molecule has 0 spiro atoms. The van der Waals surface area contributed by atoms with Crippen LogP contribution in [0.15, 0.2) is 42.0 Å². The number of aryl methyl sites for hydroxylation is 1. The summed E-state index contributed by atoms with van der Waals surface area (Å²) in [5.41, 5.74) is 9.62. The lowest BCUT2D eigenvalue weighted by Crippen LogP contribution is -2.39. The SMILES string of the molecule is CCCCCCC1=C2c3c(ccc(c3-c3ccc(CCCCCC)cc3)[Si]2(C)C)C1. The van der Waals surface area contributed by atoms with Crippen molar-refractivity contribution in [1.29, 1.82) is 0 Å². The molecule has 1 heteroatoms. The molecular formula is C29H40Si. The molecule has 2 aliphatic rings. The van der Waals surface area contributed by atoms with E-state index < -0.39 is 8.07 Å². The molecule has 30 heavy (non-hydrogen) atoms. The van der Waals surface area contributed by atoms with Gasteiger partial charge in [0.1, 0.15) is 8.07 Å². The Hall–Kier alpha value is -1.60. The van der Waals surface area contributed by atoms with Crippen LogP contribution in [0.25, 0.3) is 16.3 Å². The van der Waals surface area contributed by atoms with Crippen LogP contribution in [0.1, 0.15) is 88.3 Å². The molecule has 0 radical (unpaired) electrons. The quantitative estimate of drug-likeness (QED) is 0.255. The van der Waals surface area contributed by atoms with Gasteiger partial charge in [0, 0.05) is 0 Å². The lowest BCUT2D eigenvalue weighted by molar-refractivity contribution is 0.662. The lowest BCUT2D eigenvalue weighted by Gasteiger charge is -2.22. The normalized spacial score (nSPS) is 16.0. The number of unbranched alkanes of at least 4 members (excludes halogenated alkanes) is 6. The molecule has 160 valence electrons.